The Balaban J connectivity index is 1.80. The number of benzene rings is 1. The summed E-state index contributed by atoms with van der Waals surface area (Å²) in [5, 5.41) is 17.8. The molecule has 1 atom stereocenters. The van der Waals surface area contributed by atoms with Gasteiger partial charge in [0.05, 0.1) is 12.3 Å². The molecule has 1 N–H and O–H groups in total. The van der Waals surface area contributed by atoms with Gasteiger partial charge < -0.3 is 23.9 Å². The standard InChI is InChI=1S/C16H17BN2O7S2/c1-3-12(20)24-8-25-15(21)13-10(23-2)5-4-9-6-11(17(22)26-14(9)13)28-16-19-18-7-27-16/h4-5,7,11,22H,3,6,8H2,1-2H3. The lowest BCUT2D eigenvalue weighted by atomic mass is 9.77. The number of rotatable bonds is 7. The number of aromatic nitrogens is 2. The summed E-state index contributed by atoms with van der Waals surface area (Å²) in [4.78, 5) is 23.7. The van der Waals surface area contributed by atoms with Crippen LogP contribution in [-0.2, 0) is 20.7 Å². The summed E-state index contributed by atoms with van der Waals surface area (Å²) >= 11 is 2.72. The first-order valence-corrected chi connectivity index (χ1v) is 10.1. The number of carbonyl (C=O) groups is 2. The van der Waals surface area contributed by atoms with E-state index >= 15 is 0 Å². The van der Waals surface area contributed by atoms with Crippen molar-refractivity contribution in [3.8, 4) is 11.5 Å². The zero-order valence-corrected chi connectivity index (χ0v) is 16.7. The Hall–Kier alpha value is -2.31. The summed E-state index contributed by atoms with van der Waals surface area (Å²) in [5.74, 6) is -0.848. The molecule has 0 spiro atoms. The molecule has 0 saturated carbocycles. The van der Waals surface area contributed by atoms with Gasteiger partial charge in [0, 0.05) is 6.42 Å². The number of hydrogen-bond donors (Lipinski definition) is 1. The summed E-state index contributed by atoms with van der Waals surface area (Å²) in [6.07, 6.45) is 0.612. The van der Waals surface area contributed by atoms with E-state index in [1.807, 2.05) is 0 Å². The van der Waals surface area contributed by atoms with E-state index in [1.165, 1.54) is 30.2 Å². The van der Waals surface area contributed by atoms with E-state index < -0.39 is 25.8 Å². The molecule has 1 unspecified atom stereocenters. The van der Waals surface area contributed by atoms with Crippen LogP contribution in [0.1, 0.15) is 29.3 Å². The fourth-order valence-corrected chi connectivity index (χ4v) is 4.34. The molecule has 0 aliphatic carbocycles. The van der Waals surface area contributed by atoms with Crippen LogP contribution in [0.5, 0.6) is 11.5 Å². The molecule has 0 fully saturated rings. The van der Waals surface area contributed by atoms with Gasteiger partial charge in [-0.2, -0.15) is 0 Å². The molecule has 2 aromatic rings. The molecule has 1 aliphatic heterocycles. The minimum Gasteiger partial charge on any atom is -0.534 e. The molecule has 0 saturated heterocycles. The maximum atomic E-state index is 12.5. The lowest BCUT2D eigenvalue weighted by Gasteiger charge is -2.28. The van der Waals surface area contributed by atoms with E-state index in [0.717, 1.165) is 0 Å². The molecular formula is C16H17BN2O7S2. The average molecular weight is 424 g/mol. The lowest BCUT2D eigenvalue weighted by Crippen LogP contribution is -2.40. The van der Waals surface area contributed by atoms with Crippen LogP contribution in [0.15, 0.2) is 22.0 Å². The van der Waals surface area contributed by atoms with E-state index in [0.29, 0.717) is 16.3 Å². The third kappa shape index (κ3) is 4.57. The Bertz CT molecular complexity index is 850. The van der Waals surface area contributed by atoms with Crippen molar-refractivity contribution in [3.05, 3.63) is 28.8 Å². The third-order valence-corrected chi connectivity index (χ3v) is 5.94. The summed E-state index contributed by atoms with van der Waals surface area (Å²) < 4.78 is 21.4. The van der Waals surface area contributed by atoms with Crippen LogP contribution in [0.3, 0.4) is 0 Å². The van der Waals surface area contributed by atoms with Gasteiger partial charge in [0.15, 0.2) is 4.34 Å². The smallest absolute Gasteiger partial charge is 0.534 e. The van der Waals surface area contributed by atoms with Crippen LogP contribution in [0, 0.1) is 0 Å². The van der Waals surface area contributed by atoms with Crippen molar-refractivity contribution < 1.29 is 33.5 Å². The van der Waals surface area contributed by atoms with Gasteiger partial charge in [0.1, 0.15) is 22.6 Å². The maximum absolute atomic E-state index is 12.5. The highest BCUT2D eigenvalue weighted by molar-refractivity contribution is 8.02. The topological polar surface area (TPSA) is 117 Å². The second-order valence-electron chi connectivity index (χ2n) is 5.62. The first-order chi connectivity index (χ1) is 13.5. The predicted molar refractivity (Wildman–Crippen MR) is 102 cm³/mol. The molecule has 0 bridgehead atoms. The second kappa shape index (κ2) is 9.26. The van der Waals surface area contributed by atoms with Crippen molar-refractivity contribution in [2.45, 2.75) is 29.3 Å². The number of hydrogen-bond acceptors (Lipinski definition) is 11. The molecule has 1 aromatic heterocycles. The quantitative estimate of drug-likeness (QED) is 0.400. The zero-order chi connectivity index (χ0) is 20.1. The Morgan fingerprint density at radius 2 is 2.25 bits per heavy atom. The van der Waals surface area contributed by atoms with Crippen LogP contribution < -0.4 is 9.39 Å². The third-order valence-electron chi connectivity index (χ3n) is 3.89. The number of esters is 2. The monoisotopic (exact) mass is 424 g/mol. The van der Waals surface area contributed by atoms with Gasteiger partial charge in [-0.25, -0.2) is 4.79 Å². The highest BCUT2D eigenvalue weighted by Crippen LogP contribution is 2.40. The number of thioether (sulfide) groups is 1. The van der Waals surface area contributed by atoms with Crippen LogP contribution in [0.2, 0.25) is 0 Å². The van der Waals surface area contributed by atoms with Gasteiger partial charge in [0.2, 0.25) is 6.79 Å². The molecule has 1 aromatic carbocycles. The van der Waals surface area contributed by atoms with E-state index in [2.05, 4.69) is 10.2 Å². The Morgan fingerprint density at radius 1 is 1.43 bits per heavy atom. The SMILES string of the molecule is CCC(=O)OCOC(=O)c1c(OC)ccc2c1OB(O)C(Sc1nncs1)C2. The fourth-order valence-electron chi connectivity index (χ4n) is 2.55. The molecule has 2 heterocycles. The van der Waals surface area contributed by atoms with Crippen LogP contribution in [0.25, 0.3) is 0 Å². The van der Waals surface area contributed by atoms with E-state index in [9.17, 15) is 14.6 Å². The molecule has 1 aliphatic rings. The van der Waals surface area contributed by atoms with E-state index in [4.69, 9.17) is 18.9 Å². The number of nitrogens with zero attached hydrogens (tertiary/aromatic N) is 2. The van der Waals surface area contributed by atoms with Gasteiger partial charge in [-0.3, -0.25) is 4.79 Å². The largest absolute Gasteiger partial charge is 0.537 e. The highest BCUT2D eigenvalue weighted by atomic mass is 32.2. The second-order valence-corrected chi connectivity index (χ2v) is 7.94. The lowest BCUT2D eigenvalue weighted by molar-refractivity contribution is -0.151. The molecule has 0 radical (unpaired) electrons. The summed E-state index contributed by atoms with van der Waals surface area (Å²) in [5.41, 5.74) is 2.35. The molecule has 0 amide bonds. The normalized spacial score (nSPS) is 15.4. The molecule has 148 valence electrons. The Morgan fingerprint density at radius 3 is 2.93 bits per heavy atom. The number of carbonyl (C=O) groups excluding carboxylic acids is 2. The van der Waals surface area contributed by atoms with E-state index in [1.54, 1.807) is 24.6 Å². The minimum absolute atomic E-state index is 0.0333. The first-order valence-electron chi connectivity index (χ1n) is 8.33. The summed E-state index contributed by atoms with van der Waals surface area (Å²) in [7, 11) is 0.237. The van der Waals surface area contributed by atoms with E-state index in [-0.39, 0.29) is 28.6 Å². The van der Waals surface area contributed by atoms with Crippen molar-refractivity contribution >= 4 is 42.2 Å². The number of fused-ring (bicyclic) bond motifs is 1. The molecule has 9 nitrogen and oxygen atoms in total. The van der Waals surface area contributed by atoms with Crippen molar-refractivity contribution in [2.75, 3.05) is 13.9 Å². The molecule has 28 heavy (non-hydrogen) atoms. The van der Waals surface area contributed by atoms with Gasteiger partial charge in [-0.05, 0) is 18.1 Å². The summed E-state index contributed by atoms with van der Waals surface area (Å²) in [6.45, 7) is 1.11. The molecular weight excluding hydrogens is 407 g/mol. The van der Waals surface area contributed by atoms with Crippen molar-refractivity contribution in [3.63, 3.8) is 0 Å². The Kier molecular flexibility index (Phi) is 6.76. The van der Waals surface area contributed by atoms with Crippen molar-refractivity contribution in [2.24, 2.45) is 0 Å². The highest BCUT2D eigenvalue weighted by Gasteiger charge is 2.39. The minimum atomic E-state index is -1.17. The van der Waals surface area contributed by atoms with Gasteiger partial charge in [-0.15, -0.1) is 10.2 Å². The average Bonchev–Trinajstić information content (AvgIpc) is 3.20. The zero-order valence-electron chi connectivity index (χ0n) is 15.1. The van der Waals surface area contributed by atoms with Crippen molar-refractivity contribution in [1.29, 1.82) is 0 Å². The van der Waals surface area contributed by atoms with Gasteiger partial charge in [-0.1, -0.05) is 36.1 Å². The van der Waals surface area contributed by atoms with Gasteiger partial charge in [0.25, 0.3) is 0 Å². The fraction of sp³-hybridized carbons (Fsp3) is 0.375. The summed E-state index contributed by atoms with van der Waals surface area (Å²) in [6, 6.07) is 3.39. The molecule has 3 rings (SSSR count). The van der Waals surface area contributed by atoms with Crippen LogP contribution in [-0.4, -0.2) is 53.3 Å². The van der Waals surface area contributed by atoms with Gasteiger partial charge >= 0.3 is 19.1 Å². The molecule has 12 heteroatoms. The first kappa shape index (κ1) is 20.4. The van der Waals surface area contributed by atoms with Crippen molar-refractivity contribution in [1.82, 2.24) is 10.2 Å². The Labute approximate surface area is 169 Å². The predicted octanol–water partition coefficient (Wildman–Crippen LogP) is 1.73. The maximum Gasteiger partial charge on any atom is 0.537 e. The van der Waals surface area contributed by atoms with Crippen LogP contribution in [0.4, 0.5) is 0 Å². The number of methoxy groups -OCH3 is 1. The number of ether oxygens (including phenoxy) is 3. The van der Waals surface area contributed by atoms with Crippen LogP contribution >= 0.6 is 23.1 Å².